The first-order valence-corrected chi connectivity index (χ1v) is 9.50. The van der Waals surface area contributed by atoms with Crippen LogP contribution in [0.5, 0.6) is 0 Å². The van der Waals surface area contributed by atoms with Crippen molar-refractivity contribution in [3.63, 3.8) is 0 Å². The minimum atomic E-state index is -1.51. The normalized spacial score (nSPS) is 27.0. The number of hydrogen-bond acceptors (Lipinski definition) is 2. The van der Waals surface area contributed by atoms with E-state index in [1.54, 1.807) is 0 Å². The van der Waals surface area contributed by atoms with Crippen molar-refractivity contribution in [2.45, 2.75) is 77.4 Å². The van der Waals surface area contributed by atoms with Gasteiger partial charge in [-0.1, -0.05) is 0 Å². The van der Waals surface area contributed by atoms with Crippen molar-refractivity contribution in [3.05, 3.63) is 0 Å². The fourth-order valence-electron chi connectivity index (χ4n) is 2.75. The van der Waals surface area contributed by atoms with Crippen LogP contribution < -0.4 is 0 Å². The van der Waals surface area contributed by atoms with Gasteiger partial charge in [-0.2, -0.15) is 0 Å². The molecular weight excluding hydrogens is 218 g/mol. The summed E-state index contributed by atoms with van der Waals surface area (Å²) in [7, 11) is -1.51. The van der Waals surface area contributed by atoms with Crippen molar-refractivity contribution in [2.24, 2.45) is 0 Å². The largest absolute Gasteiger partial charge is 0.415 e. The molecule has 1 aliphatic rings. The molecule has 1 radical (unpaired) electrons. The molecule has 1 aliphatic heterocycles. The molecule has 1 rings (SSSR count). The summed E-state index contributed by atoms with van der Waals surface area (Å²) in [6.07, 6.45) is 1.91. The molecule has 0 N–H and O–H groups in total. The highest BCUT2D eigenvalue weighted by molar-refractivity contribution is 6.69. The standard InChI is InChI=1S/C12H26NO2Si/c1-11(2)8-10(15-16(5,6)7)9-12(3,4)13(11)14/h10H,8-9H2,1-7H3. The Labute approximate surface area is 101 Å². The van der Waals surface area contributed by atoms with Gasteiger partial charge in [0.1, 0.15) is 0 Å². The van der Waals surface area contributed by atoms with Crippen LogP contribution in [-0.2, 0) is 9.63 Å². The first-order valence-electron chi connectivity index (χ1n) is 6.09. The molecule has 1 heterocycles. The van der Waals surface area contributed by atoms with Crippen LogP contribution in [-0.4, -0.2) is 30.6 Å². The first-order chi connectivity index (χ1) is 6.94. The molecule has 0 bridgehead atoms. The fraction of sp³-hybridized carbons (Fsp3) is 1.00. The van der Waals surface area contributed by atoms with E-state index in [1.165, 1.54) is 5.06 Å². The van der Waals surface area contributed by atoms with Gasteiger partial charge < -0.3 is 4.43 Å². The Balaban J connectivity index is 2.79. The summed E-state index contributed by atoms with van der Waals surface area (Å²) in [5.41, 5.74) is -0.627. The van der Waals surface area contributed by atoms with Crippen LogP contribution in [0.2, 0.25) is 19.6 Å². The first kappa shape index (κ1) is 14.2. The lowest BCUT2D eigenvalue weighted by Gasteiger charge is -2.50. The Hall–Kier alpha value is 0.0969. The van der Waals surface area contributed by atoms with E-state index in [4.69, 9.17) is 4.43 Å². The van der Waals surface area contributed by atoms with E-state index in [0.29, 0.717) is 0 Å². The summed E-state index contributed by atoms with van der Waals surface area (Å²) in [6, 6.07) is 0. The molecule has 1 saturated heterocycles. The highest BCUT2D eigenvalue weighted by Gasteiger charge is 2.47. The van der Waals surface area contributed by atoms with Crippen molar-refractivity contribution in [2.75, 3.05) is 0 Å². The monoisotopic (exact) mass is 244 g/mol. The van der Waals surface area contributed by atoms with Gasteiger partial charge in [0.15, 0.2) is 8.32 Å². The molecule has 0 aromatic carbocycles. The second-order valence-corrected chi connectivity index (χ2v) is 11.6. The van der Waals surface area contributed by atoms with E-state index in [1.807, 2.05) is 27.7 Å². The third kappa shape index (κ3) is 3.29. The minimum Gasteiger partial charge on any atom is -0.415 e. The van der Waals surface area contributed by atoms with E-state index in [-0.39, 0.29) is 17.2 Å². The smallest absolute Gasteiger partial charge is 0.184 e. The highest BCUT2D eigenvalue weighted by atomic mass is 28.4. The van der Waals surface area contributed by atoms with Gasteiger partial charge >= 0.3 is 0 Å². The lowest BCUT2D eigenvalue weighted by Crippen LogP contribution is -2.60. The quantitative estimate of drug-likeness (QED) is 0.699. The van der Waals surface area contributed by atoms with Crippen molar-refractivity contribution in [3.8, 4) is 0 Å². The molecule has 16 heavy (non-hydrogen) atoms. The number of nitrogens with zero attached hydrogens (tertiary/aromatic N) is 1. The summed E-state index contributed by atoms with van der Waals surface area (Å²) in [5, 5.41) is 13.4. The maximum Gasteiger partial charge on any atom is 0.184 e. The van der Waals surface area contributed by atoms with E-state index >= 15 is 0 Å². The zero-order chi connectivity index (χ0) is 12.8. The van der Waals surface area contributed by atoms with Gasteiger partial charge in [0.2, 0.25) is 0 Å². The van der Waals surface area contributed by atoms with Crippen molar-refractivity contribution in [1.82, 2.24) is 5.06 Å². The molecule has 0 aromatic rings. The topological polar surface area (TPSA) is 32.4 Å². The number of hydrogen-bond donors (Lipinski definition) is 0. The van der Waals surface area contributed by atoms with Crippen LogP contribution >= 0.6 is 0 Å². The molecule has 3 nitrogen and oxygen atoms in total. The number of piperidine rings is 1. The molecule has 0 spiro atoms. The van der Waals surface area contributed by atoms with Gasteiger partial charge in [0.25, 0.3) is 0 Å². The van der Waals surface area contributed by atoms with Gasteiger partial charge in [-0.3, -0.25) is 0 Å². The molecule has 95 valence electrons. The summed E-state index contributed by atoms with van der Waals surface area (Å²) in [6.45, 7) is 14.7. The van der Waals surface area contributed by atoms with Crippen LogP contribution in [0.3, 0.4) is 0 Å². The van der Waals surface area contributed by atoms with Crippen LogP contribution in [0.4, 0.5) is 0 Å². The second-order valence-electron chi connectivity index (χ2n) is 7.18. The van der Waals surface area contributed by atoms with Crippen LogP contribution in [0.1, 0.15) is 40.5 Å². The fourth-order valence-corrected chi connectivity index (χ4v) is 3.92. The summed E-state index contributed by atoms with van der Waals surface area (Å²) < 4.78 is 6.17. The Morgan fingerprint density at radius 3 is 1.75 bits per heavy atom. The van der Waals surface area contributed by atoms with Gasteiger partial charge in [-0.25, -0.2) is 0 Å². The van der Waals surface area contributed by atoms with E-state index in [2.05, 4.69) is 19.6 Å². The van der Waals surface area contributed by atoms with Crippen LogP contribution in [0.15, 0.2) is 0 Å². The Morgan fingerprint density at radius 2 is 1.44 bits per heavy atom. The Kier molecular flexibility index (Phi) is 3.62. The van der Waals surface area contributed by atoms with E-state index in [9.17, 15) is 5.21 Å². The second kappa shape index (κ2) is 4.09. The van der Waals surface area contributed by atoms with Gasteiger partial charge in [0, 0.05) is 17.2 Å². The third-order valence-corrected chi connectivity index (χ3v) is 4.11. The molecule has 0 atom stereocenters. The predicted molar refractivity (Wildman–Crippen MR) is 68.1 cm³/mol. The van der Waals surface area contributed by atoms with Crippen molar-refractivity contribution < 1.29 is 9.63 Å². The molecule has 0 amide bonds. The summed E-state index contributed by atoms with van der Waals surface area (Å²) in [4.78, 5) is 0. The Morgan fingerprint density at radius 1 is 1.06 bits per heavy atom. The van der Waals surface area contributed by atoms with Gasteiger partial charge in [-0.15, -0.1) is 10.3 Å². The molecule has 0 unspecified atom stereocenters. The van der Waals surface area contributed by atoms with Crippen molar-refractivity contribution >= 4 is 8.32 Å². The Bertz CT molecular complexity index is 240. The van der Waals surface area contributed by atoms with Gasteiger partial charge in [-0.05, 0) is 60.2 Å². The van der Waals surface area contributed by atoms with E-state index < -0.39 is 8.32 Å². The zero-order valence-corrected chi connectivity index (χ0v) is 12.8. The van der Waals surface area contributed by atoms with E-state index in [0.717, 1.165) is 12.8 Å². The number of hydroxylamine groups is 2. The predicted octanol–water partition coefficient (Wildman–Crippen LogP) is 3.21. The average Bonchev–Trinajstić information content (AvgIpc) is 1.95. The molecular formula is C12H26NO2Si. The molecule has 1 fully saturated rings. The highest BCUT2D eigenvalue weighted by Crippen LogP contribution is 2.38. The molecule has 0 aromatic heterocycles. The average molecular weight is 244 g/mol. The maximum atomic E-state index is 12.2. The molecule has 4 heteroatoms. The SMILES string of the molecule is CC1(C)CC(O[Si](C)(C)C)CC(C)(C)N1[O]. The van der Waals surface area contributed by atoms with Crippen LogP contribution in [0, 0.1) is 0 Å². The molecule has 0 aliphatic carbocycles. The lowest BCUT2D eigenvalue weighted by atomic mass is 9.80. The lowest BCUT2D eigenvalue weighted by molar-refractivity contribution is -0.297. The van der Waals surface area contributed by atoms with Crippen molar-refractivity contribution in [1.29, 1.82) is 0 Å². The zero-order valence-electron chi connectivity index (χ0n) is 11.8. The maximum absolute atomic E-state index is 12.2. The summed E-state index contributed by atoms with van der Waals surface area (Å²) in [5.74, 6) is 0. The van der Waals surface area contributed by atoms with Crippen LogP contribution in [0.25, 0.3) is 0 Å². The molecule has 0 saturated carbocycles. The third-order valence-electron chi connectivity index (χ3n) is 3.07. The minimum absolute atomic E-state index is 0.238. The van der Waals surface area contributed by atoms with Gasteiger partial charge in [0.05, 0.1) is 0 Å². The summed E-state index contributed by atoms with van der Waals surface area (Å²) >= 11 is 0. The number of rotatable bonds is 2.